The molecular weight excluding hydrogens is 576 g/mol. The second-order valence-electron chi connectivity index (χ2n) is 11.6. The molecule has 0 bridgehead atoms. The minimum Gasteiger partial charge on any atom is -0.483 e. The van der Waals surface area contributed by atoms with Crippen LogP contribution >= 0.6 is 22.9 Å². The Kier molecular flexibility index (Phi) is 8.24. The number of pyridine rings is 1. The number of nitrogens with zero attached hydrogens (tertiary/aromatic N) is 4. The minimum absolute atomic E-state index is 0.0961. The van der Waals surface area contributed by atoms with Crippen LogP contribution in [-0.2, 0) is 27.3 Å². The van der Waals surface area contributed by atoms with Gasteiger partial charge in [0.25, 0.3) is 6.47 Å². The van der Waals surface area contributed by atoms with Crippen molar-refractivity contribution in [3.05, 3.63) is 45.9 Å². The van der Waals surface area contributed by atoms with Gasteiger partial charge in [0.05, 0.1) is 23.4 Å². The number of aryl methyl sites for hydroxylation is 1. The standard InChI is InChI=1S/C30H33ClN4O3S.CH2O2/c31-20-13-19-3-1-10-34(21-16-30(7-2-8-30)33(17-21)11-12-36)28(19)24(14-20)23-6-9-32-25-15-22(39-29(23)25)18-35-26(37)4-5-27(35)38;2-1-3/h6,9,13-15,21,36H,1-5,7-8,10-12,16-18H2;1H,(H,2,3)/t21-;/m0./s1. The van der Waals surface area contributed by atoms with E-state index in [1.165, 1.54) is 35.4 Å². The molecule has 7 rings (SSSR count). The number of imide groups is 1. The SMILES string of the molecule is O=C1CCC(=O)N1Cc1cc2nccc(-c3cc(Cl)cc4c3N([C@@H]3CN(CCO)C5(CCC5)C3)CCC4)c2s1.O=CO. The Morgan fingerprint density at radius 2 is 1.86 bits per heavy atom. The fourth-order valence-corrected chi connectivity index (χ4v) is 8.75. The average Bonchev–Trinajstić information content (AvgIpc) is 3.64. The summed E-state index contributed by atoms with van der Waals surface area (Å²) in [6.07, 6.45) is 9.42. The van der Waals surface area contributed by atoms with Crippen molar-refractivity contribution in [3.8, 4) is 11.1 Å². The molecule has 2 aromatic heterocycles. The maximum absolute atomic E-state index is 12.2. The normalized spacial score (nSPS) is 21.4. The van der Waals surface area contributed by atoms with E-state index < -0.39 is 0 Å². The van der Waals surface area contributed by atoms with Gasteiger partial charge < -0.3 is 15.1 Å². The quantitative estimate of drug-likeness (QED) is 0.305. The van der Waals surface area contributed by atoms with E-state index >= 15 is 0 Å². The molecule has 3 aromatic rings. The van der Waals surface area contributed by atoms with Crippen molar-refractivity contribution in [1.29, 1.82) is 0 Å². The lowest BCUT2D eigenvalue weighted by molar-refractivity contribution is -0.139. The molecule has 5 heterocycles. The molecule has 3 fully saturated rings. The number of aliphatic hydroxyl groups is 1. The van der Waals surface area contributed by atoms with Crippen LogP contribution in [0.15, 0.2) is 30.5 Å². The Labute approximate surface area is 253 Å². The lowest BCUT2D eigenvalue weighted by atomic mass is 9.74. The molecule has 1 saturated carbocycles. The van der Waals surface area contributed by atoms with Crippen LogP contribution in [0.2, 0.25) is 5.02 Å². The molecule has 9 nitrogen and oxygen atoms in total. The first kappa shape index (κ1) is 29.0. The van der Waals surface area contributed by atoms with Gasteiger partial charge in [0.1, 0.15) is 0 Å². The third-order valence-corrected chi connectivity index (χ3v) is 10.7. The molecule has 2 saturated heterocycles. The van der Waals surface area contributed by atoms with E-state index in [0.29, 0.717) is 25.4 Å². The molecule has 42 heavy (non-hydrogen) atoms. The summed E-state index contributed by atoms with van der Waals surface area (Å²) < 4.78 is 1.06. The van der Waals surface area contributed by atoms with Crippen LogP contribution in [0.1, 0.15) is 55.4 Å². The molecule has 3 aliphatic heterocycles. The number of β-amino-alcohol motifs (C(OH)–C–C–N with tert-alkyl or cyclic N) is 1. The Morgan fingerprint density at radius 1 is 1.10 bits per heavy atom. The lowest BCUT2D eigenvalue weighted by Crippen LogP contribution is -2.50. The van der Waals surface area contributed by atoms with Gasteiger partial charge >= 0.3 is 0 Å². The predicted octanol–water partition coefficient (Wildman–Crippen LogP) is 4.71. The first-order valence-corrected chi connectivity index (χ1v) is 15.8. The number of aromatic nitrogens is 1. The molecule has 0 unspecified atom stereocenters. The van der Waals surface area contributed by atoms with Gasteiger partial charge in [-0.05, 0) is 68.4 Å². The van der Waals surface area contributed by atoms with Gasteiger partial charge in [-0.15, -0.1) is 11.3 Å². The first-order chi connectivity index (χ1) is 20.4. The highest BCUT2D eigenvalue weighted by atomic mass is 35.5. The van der Waals surface area contributed by atoms with E-state index in [9.17, 15) is 14.7 Å². The molecule has 1 aromatic carbocycles. The van der Waals surface area contributed by atoms with Crippen LogP contribution in [0.4, 0.5) is 5.69 Å². The summed E-state index contributed by atoms with van der Waals surface area (Å²) >= 11 is 8.35. The monoisotopic (exact) mass is 610 g/mol. The Hall–Kier alpha value is -3.05. The van der Waals surface area contributed by atoms with Crippen LogP contribution in [0.3, 0.4) is 0 Å². The highest BCUT2D eigenvalue weighted by molar-refractivity contribution is 7.19. The van der Waals surface area contributed by atoms with Gasteiger partial charge in [-0.3, -0.25) is 29.2 Å². The largest absolute Gasteiger partial charge is 0.483 e. The highest BCUT2D eigenvalue weighted by Crippen LogP contribution is 2.50. The zero-order valence-corrected chi connectivity index (χ0v) is 25.0. The molecule has 2 N–H and O–H groups in total. The number of hydrogen-bond donors (Lipinski definition) is 2. The number of aliphatic hydroxyl groups excluding tert-OH is 1. The van der Waals surface area contributed by atoms with E-state index in [2.05, 4.69) is 33.0 Å². The lowest BCUT2D eigenvalue weighted by Gasteiger charge is -2.46. The topological polar surface area (TPSA) is 114 Å². The van der Waals surface area contributed by atoms with E-state index in [0.717, 1.165) is 70.1 Å². The van der Waals surface area contributed by atoms with Gasteiger partial charge in [-0.1, -0.05) is 11.6 Å². The minimum atomic E-state index is -0.250. The number of rotatable bonds is 6. The molecule has 1 aliphatic carbocycles. The van der Waals surface area contributed by atoms with Crippen molar-refractivity contribution in [3.63, 3.8) is 0 Å². The molecule has 222 valence electrons. The number of carboxylic acid groups (broad SMARTS) is 1. The van der Waals surface area contributed by atoms with Crippen molar-refractivity contribution < 1.29 is 24.6 Å². The molecule has 2 amide bonds. The summed E-state index contributed by atoms with van der Waals surface area (Å²) in [6, 6.07) is 8.73. The summed E-state index contributed by atoms with van der Waals surface area (Å²) in [7, 11) is 0. The molecule has 4 aliphatic rings. The third-order valence-electron chi connectivity index (χ3n) is 9.32. The zero-order valence-electron chi connectivity index (χ0n) is 23.4. The highest BCUT2D eigenvalue weighted by Gasteiger charge is 2.50. The van der Waals surface area contributed by atoms with Crippen molar-refractivity contribution >= 4 is 57.1 Å². The molecule has 1 atom stereocenters. The molecule has 0 radical (unpaired) electrons. The zero-order chi connectivity index (χ0) is 29.4. The summed E-state index contributed by atoms with van der Waals surface area (Å²) in [5, 5.41) is 17.4. The van der Waals surface area contributed by atoms with Gasteiger partial charge in [0, 0.05) is 77.0 Å². The molecular formula is C31H35ClN4O5S. The van der Waals surface area contributed by atoms with Gasteiger partial charge in [-0.25, -0.2) is 0 Å². The number of halogens is 1. The van der Waals surface area contributed by atoms with E-state index in [4.69, 9.17) is 21.5 Å². The number of benzene rings is 1. The maximum Gasteiger partial charge on any atom is 0.290 e. The number of carbonyl (C=O) groups is 3. The number of likely N-dealkylation sites (tertiary alicyclic amines) is 2. The van der Waals surface area contributed by atoms with E-state index in [1.807, 2.05) is 12.3 Å². The fourth-order valence-electron chi connectivity index (χ4n) is 7.38. The Balaban J connectivity index is 0.00000101. The summed E-state index contributed by atoms with van der Waals surface area (Å²) in [6.45, 7) is 3.00. The van der Waals surface area contributed by atoms with Gasteiger partial charge in [0.15, 0.2) is 0 Å². The van der Waals surface area contributed by atoms with Crippen molar-refractivity contribution in [2.24, 2.45) is 0 Å². The maximum atomic E-state index is 12.2. The van der Waals surface area contributed by atoms with Gasteiger partial charge in [-0.2, -0.15) is 0 Å². The summed E-state index contributed by atoms with van der Waals surface area (Å²) in [5.74, 6) is -0.192. The van der Waals surface area contributed by atoms with Gasteiger partial charge in [0.2, 0.25) is 11.8 Å². The second-order valence-corrected chi connectivity index (χ2v) is 13.2. The molecule has 1 spiro atoms. The van der Waals surface area contributed by atoms with E-state index in [1.54, 1.807) is 11.3 Å². The third kappa shape index (κ3) is 5.19. The average molecular weight is 611 g/mol. The Bertz CT molecular complexity index is 1510. The van der Waals surface area contributed by atoms with Crippen LogP contribution in [0.25, 0.3) is 21.3 Å². The van der Waals surface area contributed by atoms with Crippen LogP contribution in [-0.4, -0.2) is 81.1 Å². The predicted molar refractivity (Wildman–Crippen MR) is 163 cm³/mol. The number of fused-ring (bicyclic) bond motifs is 2. The Morgan fingerprint density at radius 3 is 2.55 bits per heavy atom. The van der Waals surface area contributed by atoms with Crippen LogP contribution < -0.4 is 4.90 Å². The van der Waals surface area contributed by atoms with Crippen LogP contribution in [0.5, 0.6) is 0 Å². The fraction of sp³-hybridized carbons (Fsp3) is 0.484. The van der Waals surface area contributed by atoms with Crippen LogP contribution in [0, 0.1) is 0 Å². The number of anilines is 1. The summed E-state index contributed by atoms with van der Waals surface area (Å²) in [4.78, 5) is 45.0. The molecule has 11 heteroatoms. The van der Waals surface area contributed by atoms with Crippen molar-refractivity contribution in [2.45, 2.75) is 69.5 Å². The smallest absolute Gasteiger partial charge is 0.290 e. The number of amides is 2. The van der Waals surface area contributed by atoms with Crippen molar-refractivity contribution in [1.82, 2.24) is 14.8 Å². The van der Waals surface area contributed by atoms with Crippen molar-refractivity contribution in [2.75, 3.05) is 31.1 Å². The number of thiophene rings is 1. The first-order valence-electron chi connectivity index (χ1n) is 14.6. The summed E-state index contributed by atoms with van der Waals surface area (Å²) in [5.41, 5.74) is 5.94. The van der Waals surface area contributed by atoms with E-state index in [-0.39, 0.29) is 30.4 Å². The number of hydrogen-bond acceptors (Lipinski definition) is 8. The second kappa shape index (κ2) is 11.9. The number of carbonyl (C=O) groups excluding carboxylic acids is 2.